The van der Waals surface area contributed by atoms with Crippen molar-refractivity contribution in [3.05, 3.63) is 22.6 Å². The lowest BCUT2D eigenvalue weighted by atomic mass is 10.2. The zero-order chi connectivity index (χ0) is 15.4. The minimum atomic E-state index is -0.0384. The van der Waals surface area contributed by atoms with Gasteiger partial charge in [-0.2, -0.15) is 0 Å². The van der Waals surface area contributed by atoms with Crippen LogP contribution in [0.5, 0.6) is 0 Å². The fraction of sp³-hybridized carbons (Fsp3) is 0.500. The van der Waals surface area contributed by atoms with E-state index in [1.54, 1.807) is 6.20 Å². The number of pyridine rings is 1. The van der Waals surface area contributed by atoms with Crippen molar-refractivity contribution in [3.63, 3.8) is 0 Å². The number of nitrogens with one attached hydrogen (secondary N) is 1. The molecule has 21 heavy (non-hydrogen) atoms. The summed E-state index contributed by atoms with van der Waals surface area (Å²) in [6, 6.07) is 1.89. The van der Waals surface area contributed by atoms with Crippen molar-refractivity contribution in [1.82, 2.24) is 19.9 Å². The zero-order valence-electron chi connectivity index (χ0n) is 12.1. The van der Waals surface area contributed by atoms with E-state index in [-0.39, 0.29) is 12.5 Å². The van der Waals surface area contributed by atoms with Crippen LogP contribution in [-0.4, -0.2) is 32.9 Å². The summed E-state index contributed by atoms with van der Waals surface area (Å²) in [7, 11) is 0. The Kier molecular flexibility index (Phi) is 5.58. The number of halogens is 2. The molecule has 0 fully saturated rings. The van der Waals surface area contributed by atoms with Crippen molar-refractivity contribution in [1.29, 1.82) is 0 Å². The third-order valence-corrected chi connectivity index (χ3v) is 3.58. The Morgan fingerprint density at radius 2 is 2.29 bits per heavy atom. The van der Waals surface area contributed by atoms with Crippen LogP contribution in [0.3, 0.4) is 0 Å². The highest BCUT2D eigenvalue weighted by Crippen LogP contribution is 2.19. The maximum Gasteiger partial charge on any atom is 0.240 e. The fourth-order valence-corrected chi connectivity index (χ4v) is 2.48. The van der Waals surface area contributed by atoms with Gasteiger partial charge in [0.1, 0.15) is 17.9 Å². The van der Waals surface area contributed by atoms with Crippen molar-refractivity contribution >= 4 is 44.6 Å². The van der Waals surface area contributed by atoms with E-state index in [0.717, 1.165) is 15.8 Å². The summed E-state index contributed by atoms with van der Waals surface area (Å²) in [6.45, 7) is 5.00. The normalized spacial score (nSPS) is 11.3. The van der Waals surface area contributed by atoms with E-state index >= 15 is 0 Å². The van der Waals surface area contributed by atoms with Gasteiger partial charge >= 0.3 is 0 Å². The smallest absolute Gasteiger partial charge is 0.240 e. The molecule has 2 heterocycles. The summed E-state index contributed by atoms with van der Waals surface area (Å²) < 4.78 is 2.70. The summed E-state index contributed by atoms with van der Waals surface area (Å²) in [5, 5.41) is 2.91. The summed E-state index contributed by atoms with van der Waals surface area (Å²) in [5.74, 6) is 1.62. The van der Waals surface area contributed by atoms with Gasteiger partial charge in [0, 0.05) is 29.5 Å². The van der Waals surface area contributed by atoms with Gasteiger partial charge in [0.05, 0.1) is 0 Å². The van der Waals surface area contributed by atoms with E-state index in [9.17, 15) is 4.79 Å². The highest BCUT2D eigenvalue weighted by Gasteiger charge is 2.14. The van der Waals surface area contributed by atoms with Gasteiger partial charge in [-0.05, 0) is 27.9 Å². The quantitative estimate of drug-likeness (QED) is 0.792. The predicted molar refractivity (Wildman–Crippen MR) is 87.5 cm³/mol. The van der Waals surface area contributed by atoms with Crippen LogP contribution >= 0.6 is 27.5 Å². The summed E-state index contributed by atoms with van der Waals surface area (Å²) >= 11 is 9.20. The van der Waals surface area contributed by atoms with Crippen molar-refractivity contribution in [2.75, 3.05) is 12.4 Å². The lowest BCUT2D eigenvalue weighted by Crippen LogP contribution is -2.31. The average Bonchev–Trinajstić information content (AvgIpc) is 2.74. The molecule has 0 saturated carbocycles. The number of carbonyl (C=O) groups excluding carboxylic acids is 1. The fourth-order valence-electron chi connectivity index (χ4n) is 1.99. The van der Waals surface area contributed by atoms with Gasteiger partial charge in [-0.25, -0.2) is 9.97 Å². The van der Waals surface area contributed by atoms with Crippen LogP contribution in [0.1, 0.15) is 19.7 Å². The van der Waals surface area contributed by atoms with Gasteiger partial charge in [-0.1, -0.05) is 13.8 Å². The second kappa shape index (κ2) is 7.22. The summed E-state index contributed by atoms with van der Waals surface area (Å²) in [5.41, 5.74) is 1.47. The van der Waals surface area contributed by atoms with Crippen molar-refractivity contribution in [2.24, 2.45) is 5.92 Å². The van der Waals surface area contributed by atoms with Gasteiger partial charge in [0.2, 0.25) is 5.91 Å². The number of nitrogens with zero attached hydrogens (tertiary/aromatic N) is 3. The molecule has 0 bridgehead atoms. The van der Waals surface area contributed by atoms with Crippen molar-refractivity contribution < 1.29 is 4.79 Å². The SMILES string of the molecule is CC(C)CNC(=O)Cn1c(CCCl)nc2cc(Br)cnc21. The average molecular weight is 374 g/mol. The molecule has 2 aromatic heterocycles. The van der Waals surface area contributed by atoms with E-state index in [0.29, 0.717) is 30.4 Å². The Labute approximate surface area is 137 Å². The molecule has 0 spiro atoms. The molecule has 0 aliphatic carbocycles. The molecule has 1 N–H and O–H groups in total. The van der Waals surface area contributed by atoms with E-state index in [2.05, 4.69) is 45.1 Å². The third kappa shape index (κ3) is 4.17. The molecule has 114 valence electrons. The van der Waals surface area contributed by atoms with Crippen LogP contribution < -0.4 is 5.32 Å². The Balaban J connectivity index is 2.27. The standard InChI is InChI=1S/C14H18BrClN4O/c1-9(2)6-17-13(21)8-20-12(3-4-16)19-11-5-10(15)7-18-14(11)20/h5,7,9H,3-4,6,8H2,1-2H3,(H,17,21). The minimum absolute atomic E-state index is 0.0384. The van der Waals surface area contributed by atoms with E-state index < -0.39 is 0 Å². The third-order valence-electron chi connectivity index (χ3n) is 2.96. The molecule has 0 unspecified atom stereocenters. The molecule has 2 aromatic rings. The predicted octanol–water partition coefficient (Wildman–Crippen LogP) is 2.75. The van der Waals surface area contributed by atoms with E-state index in [1.807, 2.05) is 10.6 Å². The Morgan fingerprint density at radius 3 is 2.95 bits per heavy atom. The number of amides is 1. The number of aromatic nitrogens is 3. The maximum absolute atomic E-state index is 12.1. The molecule has 0 atom stereocenters. The second-order valence-electron chi connectivity index (χ2n) is 5.25. The number of carbonyl (C=O) groups is 1. The lowest BCUT2D eigenvalue weighted by Gasteiger charge is -2.10. The van der Waals surface area contributed by atoms with Crippen LogP contribution in [0.25, 0.3) is 11.2 Å². The first-order valence-electron chi connectivity index (χ1n) is 6.84. The van der Waals surface area contributed by atoms with Gasteiger partial charge < -0.3 is 9.88 Å². The first-order valence-corrected chi connectivity index (χ1v) is 8.17. The van der Waals surface area contributed by atoms with Crippen LogP contribution in [0.2, 0.25) is 0 Å². The van der Waals surface area contributed by atoms with E-state index in [1.165, 1.54) is 0 Å². The molecular formula is C14H18BrClN4O. The summed E-state index contributed by atoms with van der Waals surface area (Å²) in [6.07, 6.45) is 2.31. The van der Waals surface area contributed by atoms with Crippen molar-refractivity contribution in [3.8, 4) is 0 Å². The molecule has 0 aliphatic rings. The Morgan fingerprint density at radius 1 is 1.52 bits per heavy atom. The number of imidazole rings is 1. The van der Waals surface area contributed by atoms with E-state index in [4.69, 9.17) is 11.6 Å². The first-order chi connectivity index (χ1) is 10.0. The molecule has 0 aliphatic heterocycles. The topological polar surface area (TPSA) is 59.8 Å². The van der Waals surface area contributed by atoms with Crippen LogP contribution in [-0.2, 0) is 17.8 Å². The minimum Gasteiger partial charge on any atom is -0.354 e. The monoisotopic (exact) mass is 372 g/mol. The molecule has 0 radical (unpaired) electrons. The number of hydrogen-bond donors (Lipinski definition) is 1. The Hall–Kier alpha value is -1.14. The zero-order valence-corrected chi connectivity index (χ0v) is 14.4. The highest BCUT2D eigenvalue weighted by molar-refractivity contribution is 9.10. The first kappa shape index (κ1) is 16.2. The number of hydrogen-bond acceptors (Lipinski definition) is 3. The van der Waals surface area contributed by atoms with Crippen LogP contribution in [0, 0.1) is 5.92 Å². The number of aryl methyl sites for hydroxylation is 1. The highest BCUT2D eigenvalue weighted by atomic mass is 79.9. The van der Waals surface area contributed by atoms with Crippen LogP contribution in [0.15, 0.2) is 16.7 Å². The summed E-state index contributed by atoms with van der Waals surface area (Å²) in [4.78, 5) is 20.9. The molecule has 1 amide bonds. The number of fused-ring (bicyclic) bond motifs is 1. The Bertz CT molecular complexity index is 641. The molecule has 0 saturated heterocycles. The van der Waals surface area contributed by atoms with Crippen molar-refractivity contribution in [2.45, 2.75) is 26.8 Å². The molecule has 0 aromatic carbocycles. The molecule has 2 rings (SSSR count). The van der Waals surface area contributed by atoms with Gasteiger partial charge in [-0.3, -0.25) is 4.79 Å². The molecular weight excluding hydrogens is 356 g/mol. The molecule has 7 heteroatoms. The number of alkyl halides is 1. The largest absolute Gasteiger partial charge is 0.354 e. The van der Waals surface area contributed by atoms with Gasteiger partial charge in [0.15, 0.2) is 5.65 Å². The maximum atomic E-state index is 12.1. The van der Waals surface area contributed by atoms with Gasteiger partial charge in [0.25, 0.3) is 0 Å². The second-order valence-corrected chi connectivity index (χ2v) is 6.54. The van der Waals surface area contributed by atoms with Crippen LogP contribution in [0.4, 0.5) is 0 Å². The number of rotatable bonds is 6. The molecule has 5 nitrogen and oxygen atoms in total. The lowest BCUT2D eigenvalue weighted by molar-refractivity contribution is -0.121. The van der Waals surface area contributed by atoms with Gasteiger partial charge in [-0.15, -0.1) is 11.6 Å².